The zero-order valence-electron chi connectivity index (χ0n) is 11.2. The van der Waals surface area contributed by atoms with Crippen LogP contribution >= 0.6 is 0 Å². The van der Waals surface area contributed by atoms with Gasteiger partial charge in [0.2, 0.25) is 0 Å². The first-order valence-corrected chi connectivity index (χ1v) is 6.15. The van der Waals surface area contributed by atoms with Crippen molar-refractivity contribution in [3.05, 3.63) is 0 Å². The maximum absolute atomic E-state index is 11.7. The third kappa shape index (κ3) is 4.10. The minimum absolute atomic E-state index is 0.0500. The van der Waals surface area contributed by atoms with Gasteiger partial charge in [-0.1, -0.05) is 27.7 Å². The summed E-state index contributed by atoms with van der Waals surface area (Å²) < 4.78 is 4.98. The summed E-state index contributed by atoms with van der Waals surface area (Å²) in [5, 5.41) is 0. The Balaban J connectivity index is 4.69. The lowest BCUT2D eigenvalue weighted by Crippen LogP contribution is -2.54. The highest BCUT2D eigenvalue weighted by Gasteiger charge is 2.31. The van der Waals surface area contributed by atoms with Gasteiger partial charge in [0.1, 0.15) is 6.04 Å². The Morgan fingerprint density at radius 1 is 1.25 bits per heavy atom. The first-order chi connectivity index (χ1) is 7.49. The second kappa shape index (κ2) is 7.63. The SMILES string of the molecule is CCOC(=O)[C@H](N)[C@@H](C(C)C)N(CC)CC. The smallest absolute Gasteiger partial charge is 0.324 e. The first kappa shape index (κ1) is 15.4. The molecule has 0 fully saturated rings. The van der Waals surface area contributed by atoms with Crippen molar-refractivity contribution in [2.24, 2.45) is 11.7 Å². The van der Waals surface area contributed by atoms with Gasteiger partial charge in [0, 0.05) is 6.04 Å². The Morgan fingerprint density at radius 3 is 2.06 bits per heavy atom. The highest BCUT2D eigenvalue weighted by molar-refractivity contribution is 5.76. The van der Waals surface area contributed by atoms with Crippen LogP contribution in [0.15, 0.2) is 0 Å². The molecule has 0 aliphatic heterocycles. The van der Waals surface area contributed by atoms with Gasteiger partial charge >= 0.3 is 5.97 Å². The van der Waals surface area contributed by atoms with E-state index in [1.165, 1.54) is 0 Å². The molecule has 0 spiro atoms. The number of rotatable bonds is 7. The number of carbonyl (C=O) groups is 1. The summed E-state index contributed by atoms with van der Waals surface area (Å²) in [7, 11) is 0. The van der Waals surface area contributed by atoms with Crippen LogP contribution in [-0.4, -0.2) is 42.6 Å². The van der Waals surface area contributed by atoms with E-state index in [0.717, 1.165) is 13.1 Å². The molecule has 16 heavy (non-hydrogen) atoms. The van der Waals surface area contributed by atoms with E-state index in [9.17, 15) is 4.79 Å². The second-order valence-electron chi connectivity index (χ2n) is 4.23. The predicted molar refractivity (Wildman–Crippen MR) is 66.2 cm³/mol. The highest BCUT2D eigenvalue weighted by Crippen LogP contribution is 2.14. The van der Waals surface area contributed by atoms with Crippen LogP contribution in [0, 0.1) is 5.92 Å². The lowest BCUT2D eigenvalue weighted by atomic mass is 9.95. The Morgan fingerprint density at radius 2 is 1.75 bits per heavy atom. The van der Waals surface area contributed by atoms with Crippen molar-refractivity contribution in [3.63, 3.8) is 0 Å². The fourth-order valence-corrected chi connectivity index (χ4v) is 2.09. The van der Waals surface area contributed by atoms with Gasteiger partial charge in [-0.2, -0.15) is 0 Å². The van der Waals surface area contributed by atoms with Crippen molar-refractivity contribution in [3.8, 4) is 0 Å². The van der Waals surface area contributed by atoms with Gasteiger partial charge in [0.15, 0.2) is 0 Å². The van der Waals surface area contributed by atoms with E-state index < -0.39 is 6.04 Å². The molecule has 0 aromatic rings. The third-order valence-electron chi connectivity index (χ3n) is 2.84. The number of ether oxygens (including phenoxy) is 1. The zero-order valence-corrected chi connectivity index (χ0v) is 11.2. The van der Waals surface area contributed by atoms with E-state index in [1.54, 1.807) is 6.92 Å². The standard InChI is InChI=1S/C12H26N2O2/c1-6-14(7-2)11(9(4)5)10(13)12(15)16-8-3/h9-11H,6-8,13H2,1-5H3/t10-,11-/m1/s1. The van der Waals surface area contributed by atoms with Gasteiger partial charge in [0.25, 0.3) is 0 Å². The molecule has 0 aromatic carbocycles. The Bertz CT molecular complexity index is 203. The molecule has 0 radical (unpaired) electrons. The van der Waals surface area contributed by atoms with E-state index in [-0.39, 0.29) is 12.0 Å². The molecular formula is C12H26N2O2. The average molecular weight is 230 g/mol. The van der Waals surface area contributed by atoms with Crippen LogP contribution in [0.4, 0.5) is 0 Å². The van der Waals surface area contributed by atoms with E-state index in [4.69, 9.17) is 10.5 Å². The van der Waals surface area contributed by atoms with E-state index in [1.807, 2.05) is 0 Å². The molecule has 0 bridgehead atoms. The summed E-state index contributed by atoms with van der Waals surface area (Å²) in [5.74, 6) is 0.0346. The molecule has 0 saturated carbocycles. The Kier molecular flexibility index (Phi) is 7.34. The molecule has 4 nitrogen and oxygen atoms in total. The summed E-state index contributed by atoms with van der Waals surface area (Å²) in [6, 6.07) is -0.506. The third-order valence-corrected chi connectivity index (χ3v) is 2.84. The molecule has 0 unspecified atom stereocenters. The molecular weight excluding hydrogens is 204 g/mol. The molecule has 0 heterocycles. The number of carbonyl (C=O) groups excluding carboxylic acids is 1. The molecule has 4 heteroatoms. The molecule has 0 aromatic heterocycles. The van der Waals surface area contributed by atoms with Crippen LogP contribution in [-0.2, 0) is 9.53 Å². The number of nitrogens with two attached hydrogens (primary N) is 1. The van der Waals surface area contributed by atoms with Crippen molar-refractivity contribution in [2.45, 2.75) is 46.7 Å². The Labute approximate surface area is 99.1 Å². The normalized spacial score (nSPS) is 15.2. The van der Waals surface area contributed by atoms with Crippen molar-refractivity contribution >= 4 is 5.97 Å². The van der Waals surface area contributed by atoms with Crippen molar-refractivity contribution < 1.29 is 9.53 Å². The Hall–Kier alpha value is -0.610. The molecule has 96 valence electrons. The predicted octanol–water partition coefficient (Wildman–Crippen LogP) is 1.24. The molecule has 0 aliphatic rings. The minimum Gasteiger partial charge on any atom is -0.465 e. The maximum Gasteiger partial charge on any atom is 0.324 e. The highest BCUT2D eigenvalue weighted by atomic mass is 16.5. The number of hydrogen-bond acceptors (Lipinski definition) is 4. The number of likely N-dealkylation sites (N-methyl/N-ethyl adjacent to an activating group) is 1. The largest absolute Gasteiger partial charge is 0.465 e. The van der Waals surface area contributed by atoms with Crippen molar-refractivity contribution in [1.82, 2.24) is 4.90 Å². The van der Waals surface area contributed by atoms with E-state index in [0.29, 0.717) is 12.5 Å². The van der Waals surface area contributed by atoms with Gasteiger partial charge in [-0.25, -0.2) is 0 Å². The molecule has 2 N–H and O–H groups in total. The van der Waals surface area contributed by atoms with Gasteiger partial charge in [-0.3, -0.25) is 9.69 Å². The van der Waals surface area contributed by atoms with Gasteiger partial charge in [-0.15, -0.1) is 0 Å². The van der Waals surface area contributed by atoms with Crippen LogP contribution in [0.3, 0.4) is 0 Å². The monoisotopic (exact) mass is 230 g/mol. The first-order valence-electron chi connectivity index (χ1n) is 6.15. The van der Waals surface area contributed by atoms with Crippen LogP contribution in [0.25, 0.3) is 0 Å². The average Bonchev–Trinajstić information content (AvgIpc) is 2.24. The lowest BCUT2D eigenvalue weighted by molar-refractivity contribution is -0.147. The van der Waals surface area contributed by atoms with Gasteiger partial charge in [0.05, 0.1) is 6.61 Å². The molecule has 0 aliphatic carbocycles. The topological polar surface area (TPSA) is 55.6 Å². The molecule has 0 amide bonds. The molecule has 2 atom stereocenters. The van der Waals surface area contributed by atoms with Crippen LogP contribution in [0.5, 0.6) is 0 Å². The second-order valence-corrected chi connectivity index (χ2v) is 4.23. The maximum atomic E-state index is 11.7. The summed E-state index contributed by atoms with van der Waals surface area (Å²) >= 11 is 0. The van der Waals surface area contributed by atoms with Crippen LogP contribution in [0.2, 0.25) is 0 Å². The quantitative estimate of drug-likeness (QED) is 0.669. The molecule has 0 saturated heterocycles. The summed E-state index contributed by atoms with van der Waals surface area (Å²) in [6.07, 6.45) is 0. The fourth-order valence-electron chi connectivity index (χ4n) is 2.09. The van der Waals surface area contributed by atoms with E-state index in [2.05, 4.69) is 32.6 Å². The molecule has 0 rings (SSSR count). The number of hydrogen-bond donors (Lipinski definition) is 1. The number of esters is 1. The van der Waals surface area contributed by atoms with Gasteiger partial charge in [-0.05, 0) is 25.9 Å². The van der Waals surface area contributed by atoms with Crippen molar-refractivity contribution in [1.29, 1.82) is 0 Å². The van der Waals surface area contributed by atoms with E-state index >= 15 is 0 Å². The fraction of sp³-hybridized carbons (Fsp3) is 0.917. The van der Waals surface area contributed by atoms with Crippen molar-refractivity contribution in [2.75, 3.05) is 19.7 Å². The summed E-state index contributed by atoms with van der Waals surface area (Å²) in [5.41, 5.74) is 5.98. The summed E-state index contributed by atoms with van der Waals surface area (Å²) in [4.78, 5) is 13.9. The number of nitrogens with zero attached hydrogens (tertiary/aromatic N) is 1. The van der Waals surface area contributed by atoms with Crippen LogP contribution in [0.1, 0.15) is 34.6 Å². The summed E-state index contributed by atoms with van der Waals surface area (Å²) in [6.45, 7) is 12.3. The van der Waals surface area contributed by atoms with Crippen LogP contribution < -0.4 is 5.73 Å². The zero-order chi connectivity index (χ0) is 12.7. The lowest BCUT2D eigenvalue weighted by Gasteiger charge is -2.35. The minimum atomic E-state index is -0.556. The van der Waals surface area contributed by atoms with Gasteiger partial charge < -0.3 is 10.5 Å².